The zero-order valence-corrected chi connectivity index (χ0v) is 13.7. The van der Waals surface area contributed by atoms with Gasteiger partial charge in [-0.3, -0.25) is 0 Å². The van der Waals surface area contributed by atoms with Gasteiger partial charge < -0.3 is 30.5 Å². The van der Waals surface area contributed by atoms with Gasteiger partial charge in [-0.1, -0.05) is 12.1 Å². The third-order valence-corrected chi connectivity index (χ3v) is 4.43. The molecule has 118 valence electrons. The first-order chi connectivity index (χ1) is 9.93. The molecule has 0 spiro atoms. The van der Waals surface area contributed by atoms with E-state index in [9.17, 15) is 15.3 Å². The number of hydrogen-bond acceptors (Lipinski definition) is 6. The highest BCUT2D eigenvalue weighted by Gasteiger charge is 2.43. The van der Waals surface area contributed by atoms with E-state index >= 15 is 0 Å². The highest BCUT2D eigenvalue weighted by atomic mass is 127. The van der Waals surface area contributed by atoms with Crippen molar-refractivity contribution < 1.29 is 25.2 Å². The van der Waals surface area contributed by atoms with E-state index in [1.807, 2.05) is 31.2 Å². The number of aliphatic hydroxyl groups excluding tert-OH is 4. The fourth-order valence-electron chi connectivity index (χ4n) is 2.41. The third kappa shape index (κ3) is 3.92. The monoisotopic (exact) mass is 409 g/mol. The molecule has 21 heavy (non-hydrogen) atoms. The fourth-order valence-corrected chi connectivity index (χ4v) is 2.77. The van der Waals surface area contributed by atoms with Gasteiger partial charge in [0.15, 0.2) is 6.29 Å². The lowest BCUT2D eigenvalue weighted by molar-refractivity contribution is -0.255. The number of halogens is 1. The van der Waals surface area contributed by atoms with Crippen LogP contribution in [0.4, 0.5) is 0 Å². The van der Waals surface area contributed by atoms with Crippen LogP contribution in [0.5, 0.6) is 0 Å². The molecule has 6 atom stereocenters. The number of ether oxygens (including phenoxy) is 1. The molecule has 1 aromatic rings. The van der Waals surface area contributed by atoms with Crippen LogP contribution in [0.3, 0.4) is 0 Å². The minimum atomic E-state index is -1.30. The predicted molar refractivity (Wildman–Crippen MR) is 84.5 cm³/mol. The summed E-state index contributed by atoms with van der Waals surface area (Å²) in [6, 6.07) is 6.86. The molecule has 1 aliphatic rings. The maximum Gasteiger partial charge on any atom is 0.173 e. The minimum absolute atomic E-state index is 0.141. The first kappa shape index (κ1) is 17.1. The van der Waals surface area contributed by atoms with Crippen LogP contribution in [-0.4, -0.2) is 57.7 Å². The summed E-state index contributed by atoms with van der Waals surface area (Å²) in [5, 5.41) is 42.0. The Balaban J connectivity index is 2.05. The summed E-state index contributed by atoms with van der Waals surface area (Å²) in [5.74, 6) is 0. The van der Waals surface area contributed by atoms with Gasteiger partial charge in [0, 0.05) is 9.61 Å². The summed E-state index contributed by atoms with van der Waals surface area (Å²) in [4.78, 5) is 0. The largest absolute Gasteiger partial charge is 0.394 e. The number of aliphatic hydroxyl groups is 4. The minimum Gasteiger partial charge on any atom is -0.394 e. The van der Waals surface area contributed by atoms with Gasteiger partial charge in [-0.15, -0.1) is 0 Å². The molecule has 5 N–H and O–H groups in total. The third-order valence-electron chi connectivity index (χ3n) is 3.71. The normalized spacial score (nSPS) is 34.7. The van der Waals surface area contributed by atoms with Crippen molar-refractivity contribution in [2.24, 2.45) is 0 Å². The van der Waals surface area contributed by atoms with E-state index in [0.717, 1.165) is 9.13 Å². The molecule has 7 heteroatoms. The van der Waals surface area contributed by atoms with Crippen molar-refractivity contribution in [3.8, 4) is 0 Å². The van der Waals surface area contributed by atoms with E-state index in [1.165, 1.54) is 0 Å². The van der Waals surface area contributed by atoms with Crippen LogP contribution in [0.15, 0.2) is 24.3 Å². The quantitative estimate of drug-likeness (QED) is 0.440. The fraction of sp³-hybridized carbons (Fsp3) is 0.571. The second-order valence-electron chi connectivity index (χ2n) is 5.19. The summed E-state index contributed by atoms with van der Waals surface area (Å²) < 4.78 is 6.23. The first-order valence-corrected chi connectivity index (χ1v) is 7.84. The molecule has 0 aromatic heterocycles. The maximum absolute atomic E-state index is 10.1. The molecular weight excluding hydrogens is 389 g/mol. The summed E-state index contributed by atoms with van der Waals surface area (Å²) in [6.45, 7) is 1.43. The summed E-state index contributed by atoms with van der Waals surface area (Å²) in [5.41, 5.74) is 0.994. The molecule has 1 aromatic carbocycles. The SMILES string of the molecule is CC(NC1C(O)OC(CO)C(O)C1O)c1ccc(I)cc1. The van der Waals surface area contributed by atoms with E-state index in [-0.39, 0.29) is 6.04 Å². The Morgan fingerprint density at radius 1 is 1.19 bits per heavy atom. The lowest BCUT2D eigenvalue weighted by Gasteiger charge is -2.41. The van der Waals surface area contributed by atoms with Crippen LogP contribution in [0.1, 0.15) is 18.5 Å². The average Bonchev–Trinajstić information content (AvgIpc) is 2.47. The lowest BCUT2D eigenvalue weighted by atomic mass is 9.95. The van der Waals surface area contributed by atoms with Gasteiger partial charge in [0.25, 0.3) is 0 Å². The predicted octanol–water partition coefficient (Wildman–Crippen LogP) is -0.258. The van der Waals surface area contributed by atoms with Crippen LogP contribution in [0.25, 0.3) is 0 Å². The molecule has 1 saturated heterocycles. The average molecular weight is 409 g/mol. The Hall–Kier alpha value is -0.290. The van der Waals surface area contributed by atoms with Crippen molar-refractivity contribution in [2.75, 3.05) is 6.61 Å². The Kier molecular flexibility index (Phi) is 5.95. The molecule has 0 saturated carbocycles. The van der Waals surface area contributed by atoms with E-state index in [0.29, 0.717) is 0 Å². The zero-order chi connectivity index (χ0) is 15.6. The Bertz CT molecular complexity index is 457. The molecular formula is C14H20INO5. The van der Waals surface area contributed by atoms with Crippen LogP contribution < -0.4 is 5.32 Å². The van der Waals surface area contributed by atoms with Crippen LogP contribution in [-0.2, 0) is 4.74 Å². The van der Waals surface area contributed by atoms with Gasteiger partial charge >= 0.3 is 0 Å². The van der Waals surface area contributed by atoms with Crippen molar-refractivity contribution >= 4 is 22.6 Å². The zero-order valence-electron chi connectivity index (χ0n) is 11.6. The van der Waals surface area contributed by atoms with Crippen molar-refractivity contribution in [2.45, 2.75) is 43.6 Å². The van der Waals surface area contributed by atoms with E-state index in [2.05, 4.69) is 27.9 Å². The molecule has 6 unspecified atom stereocenters. The molecule has 1 fully saturated rings. The van der Waals surface area contributed by atoms with Gasteiger partial charge in [-0.2, -0.15) is 0 Å². The number of benzene rings is 1. The number of hydrogen-bond donors (Lipinski definition) is 5. The second kappa shape index (κ2) is 7.32. The van der Waals surface area contributed by atoms with E-state index < -0.39 is 37.3 Å². The molecule has 2 rings (SSSR count). The van der Waals surface area contributed by atoms with Gasteiger partial charge in [0.2, 0.25) is 0 Å². The number of nitrogens with one attached hydrogen (secondary N) is 1. The second-order valence-corrected chi connectivity index (χ2v) is 6.44. The topological polar surface area (TPSA) is 102 Å². The summed E-state index contributed by atoms with van der Waals surface area (Å²) >= 11 is 2.21. The van der Waals surface area contributed by atoms with Crippen LogP contribution in [0, 0.1) is 3.57 Å². The Morgan fingerprint density at radius 3 is 2.38 bits per heavy atom. The van der Waals surface area contributed by atoms with Crippen molar-refractivity contribution in [1.29, 1.82) is 0 Å². The lowest BCUT2D eigenvalue weighted by Crippen LogP contribution is -2.63. The first-order valence-electron chi connectivity index (χ1n) is 6.76. The molecule has 0 aliphatic carbocycles. The van der Waals surface area contributed by atoms with Gasteiger partial charge in [0.05, 0.1) is 12.6 Å². The molecule has 6 nitrogen and oxygen atoms in total. The highest BCUT2D eigenvalue weighted by molar-refractivity contribution is 14.1. The standard InChI is InChI=1S/C14H20INO5/c1-7(8-2-4-9(15)5-3-8)16-11-13(19)12(18)10(6-17)21-14(11)20/h2-5,7,10-14,16-20H,6H2,1H3. The number of rotatable bonds is 4. The van der Waals surface area contributed by atoms with Crippen molar-refractivity contribution in [3.63, 3.8) is 0 Å². The van der Waals surface area contributed by atoms with Crippen molar-refractivity contribution in [1.82, 2.24) is 5.32 Å². The van der Waals surface area contributed by atoms with Gasteiger partial charge in [-0.25, -0.2) is 0 Å². The van der Waals surface area contributed by atoms with Gasteiger partial charge in [-0.05, 0) is 47.2 Å². The maximum atomic E-state index is 10.1. The Labute approximate surface area is 136 Å². The summed E-state index contributed by atoms with van der Waals surface area (Å²) in [7, 11) is 0. The Morgan fingerprint density at radius 2 is 1.81 bits per heavy atom. The van der Waals surface area contributed by atoms with Gasteiger partial charge in [0.1, 0.15) is 18.3 Å². The van der Waals surface area contributed by atoms with E-state index in [4.69, 9.17) is 9.84 Å². The molecule has 1 heterocycles. The molecule has 0 amide bonds. The smallest absolute Gasteiger partial charge is 0.173 e. The summed E-state index contributed by atoms with van der Waals surface area (Å²) in [6.07, 6.45) is -4.76. The highest BCUT2D eigenvalue weighted by Crippen LogP contribution is 2.23. The molecule has 1 aliphatic heterocycles. The van der Waals surface area contributed by atoms with Crippen LogP contribution >= 0.6 is 22.6 Å². The molecule has 0 bridgehead atoms. The molecule has 0 radical (unpaired) electrons. The van der Waals surface area contributed by atoms with E-state index in [1.54, 1.807) is 0 Å². The van der Waals surface area contributed by atoms with Crippen LogP contribution in [0.2, 0.25) is 0 Å². The van der Waals surface area contributed by atoms with Crippen molar-refractivity contribution in [3.05, 3.63) is 33.4 Å².